The highest BCUT2D eigenvalue weighted by molar-refractivity contribution is 5.85. The lowest BCUT2D eigenvalue weighted by Crippen LogP contribution is -2.44. The van der Waals surface area contributed by atoms with Crippen molar-refractivity contribution in [3.63, 3.8) is 0 Å². The maximum Gasteiger partial charge on any atom is 0.416 e. The predicted octanol–water partition coefficient (Wildman–Crippen LogP) is 3.69. The molecule has 1 aromatic carbocycles. The highest BCUT2D eigenvalue weighted by Gasteiger charge is 2.32. The van der Waals surface area contributed by atoms with Crippen LogP contribution in [0.2, 0.25) is 0 Å². The van der Waals surface area contributed by atoms with Crippen LogP contribution in [0.4, 0.5) is 13.2 Å². The fraction of sp³-hybridized carbons (Fsp3) is 0.467. The number of piperazine rings is 1. The molecule has 1 aromatic rings. The van der Waals surface area contributed by atoms with E-state index in [0.29, 0.717) is 5.56 Å². The van der Waals surface area contributed by atoms with Crippen molar-refractivity contribution in [2.45, 2.75) is 12.2 Å². The summed E-state index contributed by atoms with van der Waals surface area (Å²) >= 11 is 0. The average Bonchev–Trinajstić information content (AvgIpc) is 2.48. The van der Waals surface area contributed by atoms with Gasteiger partial charge in [0.15, 0.2) is 0 Å². The molecule has 23 heavy (non-hydrogen) atoms. The van der Waals surface area contributed by atoms with E-state index >= 15 is 0 Å². The molecule has 0 unspecified atom stereocenters. The molecule has 0 aliphatic carbocycles. The van der Waals surface area contributed by atoms with Gasteiger partial charge in [-0.2, -0.15) is 13.2 Å². The van der Waals surface area contributed by atoms with E-state index in [-0.39, 0.29) is 36.6 Å². The zero-order valence-electron chi connectivity index (χ0n) is 12.7. The number of methoxy groups -OCH3 is 1. The number of ether oxygens (including phenoxy) is 1. The lowest BCUT2D eigenvalue weighted by molar-refractivity contribution is -0.137. The van der Waals surface area contributed by atoms with E-state index in [1.54, 1.807) is 6.08 Å². The van der Waals surface area contributed by atoms with Gasteiger partial charge in [-0.15, -0.1) is 31.4 Å². The van der Waals surface area contributed by atoms with Crippen molar-refractivity contribution in [1.29, 1.82) is 0 Å². The molecule has 0 radical (unpaired) electrons. The quantitative estimate of drug-likeness (QED) is 0.815. The van der Waals surface area contributed by atoms with Crippen molar-refractivity contribution in [1.82, 2.24) is 10.2 Å². The van der Waals surface area contributed by atoms with Gasteiger partial charge in [-0.05, 0) is 12.1 Å². The fourth-order valence-corrected chi connectivity index (χ4v) is 2.56. The summed E-state index contributed by atoms with van der Waals surface area (Å²) in [7, 11) is 1.39. The van der Waals surface area contributed by atoms with Crippen molar-refractivity contribution in [2.24, 2.45) is 0 Å². The molecule has 0 amide bonds. The van der Waals surface area contributed by atoms with Gasteiger partial charge in [-0.25, -0.2) is 0 Å². The Balaban J connectivity index is 0.00000242. The SMILES string of the molecule is C=C[C@H](c1ccc(C(F)(F)F)cc1OC)N1CCNCC1.Cl.Cl. The average molecular weight is 373 g/mol. The first-order valence-electron chi connectivity index (χ1n) is 6.80. The second-order valence-electron chi connectivity index (χ2n) is 4.92. The summed E-state index contributed by atoms with van der Waals surface area (Å²) in [5, 5.41) is 3.25. The summed E-state index contributed by atoms with van der Waals surface area (Å²) < 4.78 is 43.5. The molecule has 2 rings (SSSR count). The number of nitrogens with zero attached hydrogens (tertiary/aromatic N) is 1. The standard InChI is InChI=1S/C15H19F3N2O.2ClH/c1-3-13(20-8-6-19-7-9-20)12-5-4-11(15(16,17)18)10-14(12)21-2;;/h3-5,10,13,19H,1,6-9H2,2H3;2*1H/t13-;;/m1../s1. The van der Waals surface area contributed by atoms with Gasteiger partial charge in [0.2, 0.25) is 0 Å². The third kappa shape index (κ3) is 5.28. The largest absolute Gasteiger partial charge is 0.496 e. The van der Waals surface area contributed by atoms with Crippen LogP contribution in [0.25, 0.3) is 0 Å². The number of alkyl halides is 3. The number of halogens is 5. The van der Waals surface area contributed by atoms with E-state index in [9.17, 15) is 13.2 Å². The Morgan fingerprint density at radius 3 is 2.35 bits per heavy atom. The lowest BCUT2D eigenvalue weighted by Gasteiger charge is -2.34. The predicted molar refractivity (Wildman–Crippen MR) is 89.9 cm³/mol. The molecule has 1 saturated heterocycles. The summed E-state index contributed by atoms with van der Waals surface area (Å²) in [6.07, 6.45) is -2.62. The summed E-state index contributed by atoms with van der Waals surface area (Å²) in [6.45, 7) is 7.17. The number of nitrogens with one attached hydrogen (secondary N) is 1. The van der Waals surface area contributed by atoms with Gasteiger partial charge in [0, 0.05) is 31.7 Å². The molecule has 1 heterocycles. The number of benzene rings is 1. The van der Waals surface area contributed by atoms with Crippen LogP contribution in [0.15, 0.2) is 30.9 Å². The monoisotopic (exact) mass is 372 g/mol. The minimum atomic E-state index is -4.37. The van der Waals surface area contributed by atoms with Crippen molar-refractivity contribution in [2.75, 3.05) is 33.3 Å². The topological polar surface area (TPSA) is 24.5 Å². The Kier molecular flexibility index (Phi) is 8.98. The normalized spacial score (nSPS) is 16.7. The summed E-state index contributed by atoms with van der Waals surface area (Å²) in [5.74, 6) is 0.244. The molecule has 0 aromatic heterocycles. The minimum Gasteiger partial charge on any atom is -0.496 e. The zero-order chi connectivity index (χ0) is 15.5. The fourth-order valence-electron chi connectivity index (χ4n) is 2.56. The van der Waals surface area contributed by atoms with Gasteiger partial charge in [-0.1, -0.05) is 12.1 Å². The molecular weight excluding hydrogens is 352 g/mol. The molecule has 1 aliphatic heterocycles. The zero-order valence-corrected chi connectivity index (χ0v) is 14.4. The first-order valence-corrected chi connectivity index (χ1v) is 6.80. The van der Waals surface area contributed by atoms with Crippen LogP contribution in [0.5, 0.6) is 5.75 Å². The van der Waals surface area contributed by atoms with Gasteiger partial charge < -0.3 is 10.1 Å². The van der Waals surface area contributed by atoms with Crippen LogP contribution < -0.4 is 10.1 Å². The van der Waals surface area contributed by atoms with E-state index in [1.165, 1.54) is 13.2 Å². The Hall–Kier alpha value is -0.950. The second kappa shape index (κ2) is 9.37. The Bertz CT molecular complexity index is 506. The molecule has 1 aliphatic rings. The molecule has 1 N–H and O–H groups in total. The van der Waals surface area contributed by atoms with Crippen LogP contribution in [-0.2, 0) is 6.18 Å². The van der Waals surface area contributed by atoms with E-state index in [2.05, 4.69) is 16.8 Å². The Morgan fingerprint density at radius 2 is 1.87 bits per heavy atom. The van der Waals surface area contributed by atoms with E-state index in [1.807, 2.05) is 0 Å². The molecule has 3 nitrogen and oxygen atoms in total. The summed E-state index contributed by atoms with van der Waals surface area (Å²) in [4.78, 5) is 2.18. The number of rotatable bonds is 4. The third-order valence-corrected chi connectivity index (χ3v) is 3.65. The van der Waals surface area contributed by atoms with Gasteiger partial charge in [-0.3, -0.25) is 4.90 Å². The van der Waals surface area contributed by atoms with Gasteiger partial charge >= 0.3 is 6.18 Å². The Labute approximate surface area is 146 Å². The third-order valence-electron chi connectivity index (χ3n) is 3.65. The number of hydrogen-bond acceptors (Lipinski definition) is 3. The smallest absolute Gasteiger partial charge is 0.416 e. The van der Waals surface area contributed by atoms with E-state index in [4.69, 9.17) is 4.74 Å². The maximum atomic E-state index is 12.8. The van der Waals surface area contributed by atoms with Crippen LogP contribution in [-0.4, -0.2) is 38.2 Å². The molecule has 0 bridgehead atoms. The molecular formula is C15H21Cl2F3N2O. The molecule has 1 atom stereocenters. The van der Waals surface area contributed by atoms with E-state index < -0.39 is 11.7 Å². The van der Waals surface area contributed by atoms with Crippen molar-refractivity contribution in [3.05, 3.63) is 42.0 Å². The van der Waals surface area contributed by atoms with Crippen molar-refractivity contribution >= 4 is 24.8 Å². The highest BCUT2D eigenvalue weighted by Crippen LogP contribution is 2.36. The maximum absolute atomic E-state index is 12.8. The highest BCUT2D eigenvalue weighted by atomic mass is 35.5. The van der Waals surface area contributed by atoms with Crippen LogP contribution in [0.1, 0.15) is 17.2 Å². The van der Waals surface area contributed by atoms with Gasteiger partial charge in [0.1, 0.15) is 5.75 Å². The Morgan fingerprint density at radius 1 is 1.26 bits per heavy atom. The summed E-state index contributed by atoms with van der Waals surface area (Å²) in [6, 6.07) is 3.48. The molecule has 0 saturated carbocycles. The first-order chi connectivity index (χ1) is 9.97. The molecule has 8 heteroatoms. The first kappa shape index (κ1) is 22.1. The van der Waals surface area contributed by atoms with Crippen LogP contribution in [0, 0.1) is 0 Å². The molecule has 132 valence electrons. The minimum absolute atomic E-state index is 0. The van der Waals surface area contributed by atoms with Gasteiger partial charge in [0.05, 0.1) is 18.7 Å². The number of hydrogen-bond donors (Lipinski definition) is 1. The van der Waals surface area contributed by atoms with E-state index in [0.717, 1.165) is 38.3 Å². The van der Waals surface area contributed by atoms with Crippen LogP contribution >= 0.6 is 24.8 Å². The second-order valence-corrected chi connectivity index (χ2v) is 4.92. The molecule has 0 spiro atoms. The molecule has 1 fully saturated rings. The lowest BCUT2D eigenvalue weighted by atomic mass is 10.0. The van der Waals surface area contributed by atoms with Crippen LogP contribution in [0.3, 0.4) is 0 Å². The van der Waals surface area contributed by atoms with Gasteiger partial charge in [0.25, 0.3) is 0 Å². The van der Waals surface area contributed by atoms with Crippen molar-refractivity contribution < 1.29 is 17.9 Å². The summed E-state index contributed by atoms with van der Waals surface area (Å²) in [5.41, 5.74) is 0.00798. The van der Waals surface area contributed by atoms with Crippen molar-refractivity contribution in [3.8, 4) is 5.75 Å².